The first-order valence-electron chi connectivity index (χ1n) is 5.57. The number of hydrogen-bond acceptors (Lipinski definition) is 3. The lowest BCUT2D eigenvalue weighted by molar-refractivity contribution is 0.486. The first-order chi connectivity index (χ1) is 8.34. The number of nitrogens with one attached hydrogen (secondary N) is 2. The standard InChI is InChI=1S/C13H15ClN2O/c14-11-3-5-12(6-4-11)16-8-7-15-10-13-2-1-9-17-13/h1-6,9,15-16H,7-8,10H2. The molecule has 0 saturated heterocycles. The Kier molecular flexibility index (Phi) is 4.47. The predicted molar refractivity (Wildman–Crippen MR) is 70.4 cm³/mol. The minimum atomic E-state index is 0.756. The number of furan rings is 1. The van der Waals surface area contributed by atoms with Crippen LogP contribution in [0.2, 0.25) is 5.02 Å². The highest BCUT2D eigenvalue weighted by molar-refractivity contribution is 6.30. The van der Waals surface area contributed by atoms with Gasteiger partial charge in [0, 0.05) is 23.8 Å². The van der Waals surface area contributed by atoms with E-state index in [1.165, 1.54) is 0 Å². The van der Waals surface area contributed by atoms with Crippen LogP contribution in [0.25, 0.3) is 0 Å². The first kappa shape index (κ1) is 12.0. The van der Waals surface area contributed by atoms with Gasteiger partial charge in [-0.25, -0.2) is 0 Å². The Morgan fingerprint density at radius 1 is 1.06 bits per heavy atom. The molecule has 90 valence electrons. The molecular weight excluding hydrogens is 236 g/mol. The number of hydrogen-bond donors (Lipinski definition) is 2. The molecule has 0 radical (unpaired) electrons. The van der Waals surface area contributed by atoms with Crippen LogP contribution < -0.4 is 10.6 Å². The van der Waals surface area contributed by atoms with Crippen molar-refractivity contribution in [3.05, 3.63) is 53.4 Å². The monoisotopic (exact) mass is 250 g/mol. The lowest BCUT2D eigenvalue weighted by Gasteiger charge is -2.06. The molecule has 0 unspecified atom stereocenters. The molecule has 0 aliphatic rings. The Bertz CT molecular complexity index is 425. The minimum absolute atomic E-state index is 0.756. The highest BCUT2D eigenvalue weighted by atomic mass is 35.5. The molecule has 0 saturated carbocycles. The molecule has 0 amide bonds. The molecule has 1 heterocycles. The zero-order chi connectivity index (χ0) is 11.9. The summed E-state index contributed by atoms with van der Waals surface area (Å²) in [7, 11) is 0. The topological polar surface area (TPSA) is 37.2 Å². The minimum Gasteiger partial charge on any atom is -0.468 e. The van der Waals surface area contributed by atoms with Crippen molar-refractivity contribution in [1.29, 1.82) is 0 Å². The van der Waals surface area contributed by atoms with Crippen molar-refractivity contribution in [2.24, 2.45) is 0 Å². The van der Waals surface area contributed by atoms with E-state index in [9.17, 15) is 0 Å². The molecule has 0 aliphatic carbocycles. The Labute approximate surface area is 106 Å². The Morgan fingerprint density at radius 2 is 1.88 bits per heavy atom. The number of rotatable bonds is 6. The smallest absolute Gasteiger partial charge is 0.117 e. The van der Waals surface area contributed by atoms with E-state index in [2.05, 4.69) is 10.6 Å². The van der Waals surface area contributed by atoms with Crippen LogP contribution >= 0.6 is 11.6 Å². The summed E-state index contributed by atoms with van der Waals surface area (Å²) < 4.78 is 5.21. The highest BCUT2D eigenvalue weighted by Gasteiger charge is 1.94. The van der Waals surface area contributed by atoms with Crippen molar-refractivity contribution in [3.63, 3.8) is 0 Å². The molecule has 2 rings (SSSR count). The normalized spacial score (nSPS) is 10.4. The zero-order valence-electron chi connectivity index (χ0n) is 9.45. The van der Waals surface area contributed by atoms with Gasteiger partial charge in [0.1, 0.15) is 5.76 Å². The van der Waals surface area contributed by atoms with Crippen LogP contribution in [0.15, 0.2) is 47.1 Å². The lowest BCUT2D eigenvalue weighted by Crippen LogP contribution is -2.21. The van der Waals surface area contributed by atoms with Crippen LogP contribution in [0.5, 0.6) is 0 Å². The molecule has 3 nitrogen and oxygen atoms in total. The molecule has 0 bridgehead atoms. The molecule has 2 N–H and O–H groups in total. The van der Waals surface area contributed by atoms with Crippen LogP contribution in [0.4, 0.5) is 5.69 Å². The van der Waals surface area contributed by atoms with Crippen molar-refractivity contribution in [1.82, 2.24) is 5.32 Å². The average Bonchev–Trinajstić information content (AvgIpc) is 2.84. The molecule has 0 spiro atoms. The summed E-state index contributed by atoms with van der Waals surface area (Å²) in [5.41, 5.74) is 1.08. The third kappa shape index (κ3) is 4.13. The largest absolute Gasteiger partial charge is 0.468 e. The second-order valence-electron chi connectivity index (χ2n) is 3.69. The molecule has 4 heteroatoms. The number of anilines is 1. The summed E-state index contributed by atoms with van der Waals surface area (Å²) in [5.74, 6) is 0.955. The van der Waals surface area contributed by atoms with Gasteiger partial charge in [0.05, 0.1) is 12.8 Å². The zero-order valence-corrected chi connectivity index (χ0v) is 10.2. The van der Waals surface area contributed by atoms with E-state index < -0.39 is 0 Å². The number of halogens is 1. The molecule has 0 atom stereocenters. The number of benzene rings is 1. The van der Waals surface area contributed by atoms with Crippen LogP contribution in [-0.2, 0) is 6.54 Å². The molecule has 0 fully saturated rings. The summed E-state index contributed by atoms with van der Waals surface area (Å²) in [5, 5.41) is 7.34. The third-order valence-electron chi connectivity index (χ3n) is 2.35. The van der Waals surface area contributed by atoms with E-state index in [0.717, 1.165) is 36.1 Å². The third-order valence-corrected chi connectivity index (χ3v) is 2.61. The fraction of sp³-hybridized carbons (Fsp3) is 0.231. The summed E-state index contributed by atoms with van der Waals surface area (Å²) in [6, 6.07) is 11.5. The van der Waals surface area contributed by atoms with Gasteiger partial charge in [0.25, 0.3) is 0 Å². The maximum atomic E-state index is 5.80. The molecule has 2 aromatic rings. The van der Waals surface area contributed by atoms with Gasteiger partial charge < -0.3 is 15.1 Å². The van der Waals surface area contributed by atoms with E-state index in [4.69, 9.17) is 16.0 Å². The van der Waals surface area contributed by atoms with Gasteiger partial charge in [0.15, 0.2) is 0 Å². The first-order valence-corrected chi connectivity index (χ1v) is 5.95. The molecule has 0 aliphatic heterocycles. The Balaban J connectivity index is 1.61. The average molecular weight is 251 g/mol. The SMILES string of the molecule is Clc1ccc(NCCNCc2ccco2)cc1. The van der Waals surface area contributed by atoms with Gasteiger partial charge in [-0.15, -0.1) is 0 Å². The second kappa shape index (κ2) is 6.33. The fourth-order valence-corrected chi connectivity index (χ4v) is 1.61. The van der Waals surface area contributed by atoms with Gasteiger partial charge >= 0.3 is 0 Å². The van der Waals surface area contributed by atoms with Crippen molar-refractivity contribution in [2.45, 2.75) is 6.54 Å². The lowest BCUT2D eigenvalue weighted by atomic mass is 10.3. The quantitative estimate of drug-likeness (QED) is 0.774. The van der Waals surface area contributed by atoms with Crippen LogP contribution in [-0.4, -0.2) is 13.1 Å². The molecule has 17 heavy (non-hydrogen) atoms. The summed E-state index contributed by atoms with van der Waals surface area (Å²) in [6.07, 6.45) is 1.68. The van der Waals surface area contributed by atoms with Crippen molar-refractivity contribution >= 4 is 17.3 Å². The van der Waals surface area contributed by atoms with E-state index in [1.807, 2.05) is 36.4 Å². The maximum Gasteiger partial charge on any atom is 0.117 e. The fourth-order valence-electron chi connectivity index (χ4n) is 1.49. The van der Waals surface area contributed by atoms with E-state index in [0.29, 0.717) is 0 Å². The summed E-state index contributed by atoms with van der Waals surface area (Å²) >= 11 is 5.80. The van der Waals surface area contributed by atoms with Gasteiger partial charge in [-0.2, -0.15) is 0 Å². The predicted octanol–water partition coefficient (Wildman–Crippen LogP) is 3.13. The van der Waals surface area contributed by atoms with E-state index in [1.54, 1.807) is 6.26 Å². The van der Waals surface area contributed by atoms with Crippen LogP contribution in [0.1, 0.15) is 5.76 Å². The van der Waals surface area contributed by atoms with E-state index in [-0.39, 0.29) is 0 Å². The maximum absolute atomic E-state index is 5.80. The van der Waals surface area contributed by atoms with E-state index >= 15 is 0 Å². The van der Waals surface area contributed by atoms with Gasteiger partial charge in [-0.1, -0.05) is 11.6 Å². The molecule has 1 aromatic carbocycles. The summed E-state index contributed by atoms with van der Waals surface area (Å²) in [4.78, 5) is 0. The highest BCUT2D eigenvalue weighted by Crippen LogP contribution is 2.12. The van der Waals surface area contributed by atoms with Gasteiger partial charge in [-0.3, -0.25) is 0 Å². The molecule has 1 aromatic heterocycles. The van der Waals surface area contributed by atoms with Gasteiger partial charge in [0.2, 0.25) is 0 Å². The Morgan fingerprint density at radius 3 is 2.59 bits per heavy atom. The summed E-state index contributed by atoms with van der Waals surface area (Å²) in [6.45, 7) is 2.50. The van der Waals surface area contributed by atoms with Crippen LogP contribution in [0, 0.1) is 0 Å². The van der Waals surface area contributed by atoms with Crippen LogP contribution in [0.3, 0.4) is 0 Å². The van der Waals surface area contributed by atoms with Crippen molar-refractivity contribution in [2.75, 3.05) is 18.4 Å². The van der Waals surface area contributed by atoms with Gasteiger partial charge in [-0.05, 0) is 36.4 Å². The Hall–Kier alpha value is -1.45. The van der Waals surface area contributed by atoms with Crippen molar-refractivity contribution in [3.8, 4) is 0 Å². The van der Waals surface area contributed by atoms with Crippen molar-refractivity contribution < 1.29 is 4.42 Å². The second-order valence-corrected chi connectivity index (χ2v) is 4.13. The molecular formula is C13H15ClN2O.